The van der Waals surface area contributed by atoms with Gasteiger partial charge in [0.1, 0.15) is 0 Å². The molecular formula is C8H12O. The van der Waals surface area contributed by atoms with Crippen molar-refractivity contribution in [1.29, 1.82) is 0 Å². The summed E-state index contributed by atoms with van der Waals surface area (Å²) in [4.78, 5) is 0. The summed E-state index contributed by atoms with van der Waals surface area (Å²) < 4.78 is 5.54. The van der Waals surface area contributed by atoms with Crippen molar-refractivity contribution in [3.8, 4) is 0 Å². The predicted molar refractivity (Wildman–Crippen MR) is 34.9 cm³/mol. The fraction of sp³-hybridized carbons (Fsp3) is 0.875. The maximum Gasteiger partial charge on any atom is 0.0609 e. The van der Waals surface area contributed by atoms with Gasteiger partial charge in [0, 0.05) is 6.61 Å². The Labute approximate surface area is 56.4 Å². The van der Waals surface area contributed by atoms with Crippen LogP contribution < -0.4 is 0 Å². The lowest BCUT2D eigenvalue weighted by Crippen LogP contribution is -2.20. The number of hydrogen-bond acceptors (Lipinski definition) is 1. The molecule has 2 aliphatic rings. The van der Waals surface area contributed by atoms with E-state index >= 15 is 0 Å². The first kappa shape index (κ1) is 5.72. The molecular weight excluding hydrogens is 112 g/mol. The second kappa shape index (κ2) is 2.30. The largest absolute Gasteiger partial charge is 0.378 e. The maximum atomic E-state index is 5.54. The lowest BCUT2D eigenvalue weighted by molar-refractivity contribution is 0.0198. The monoisotopic (exact) mass is 124 g/mol. The van der Waals surface area contributed by atoms with Gasteiger partial charge in [-0.2, -0.15) is 0 Å². The average molecular weight is 124 g/mol. The van der Waals surface area contributed by atoms with Crippen LogP contribution in [0.1, 0.15) is 25.7 Å². The molecule has 0 amide bonds. The lowest BCUT2D eigenvalue weighted by Gasteiger charge is -2.21. The minimum absolute atomic E-state index is 0.554. The molecule has 2 fully saturated rings. The molecule has 1 aliphatic carbocycles. The summed E-state index contributed by atoms with van der Waals surface area (Å²) in [5.74, 6) is 0.901. The first-order valence-electron chi connectivity index (χ1n) is 3.79. The van der Waals surface area contributed by atoms with Crippen molar-refractivity contribution >= 4 is 0 Å². The van der Waals surface area contributed by atoms with E-state index in [9.17, 15) is 0 Å². The Bertz CT molecular complexity index is 90.7. The highest BCUT2D eigenvalue weighted by Gasteiger charge is 2.32. The minimum Gasteiger partial charge on any atom is -0.378 e. The van der Waals surface area contributed by atoms with Gasteiger partial charge in [0.25, 0.3) is 0 Å². The Morgan fingerprint density at radius 2 is 2.22 bits per heavy atom. The van der Waals surface area contributed by atoms with Gasteiger partial charge in [-0.15, -0.1) is 0 Å². The van der Waals surface area contributed by atoms with Crippen molar-refractivity contribution in [2.75, 3.05) is 6.61 Å². The summed E-state index contributed by atoms with van der Waals surface area (Å²) in [6.45, 7) is 0.918. The Hall–Kier alpha value is -0.0400. The van der Waals surface area contributed by atoms with Crippen LogP contribution in [0.4, 0.5) is 0 Å². The highest BCUT2D eigenvalue weighted by Crippen LogP contribution is 2.37. The molecule has 0 bridgehead atoms. The van der Waals surface area contributed by atoms with E-state index in [1.165, 1.54) is 12.8 Å². The molecule has 50 valence electrons. The van der Waals surface area contributed by atoms with Crippen molar-refractivity contribution in [2.24, 2.45) is 5.92 Å². The lowest BCUT2D eigenvalue weighted by atomic mass is 10.1. The molecule has 0 aromatic heterocycles. The molecule has 1 nitrogen and oxygen atoms in total. The third kappa shape index (κ3) is 1.26. The fourth-order valence-electron chi connectivity index (χ4n) is 1.36. The Kier molecular flexibility index (Phi) is 1.46. The van der Waals surface area contributed by atoms with Gasteiger partial charge < -0.3 is 4.74 Å². The highest BCUT2D eigenvalue weighted by atomic mass is 16.5. The molecule has 2 radical (unpaired) electrons. The van der Waals surface area contributed by atoms with E-state index in [4.69, 9.17) is 4.74 Å². The standard InChI is InChI=1S/C8H12O/c1-2-6-9-8(3-1)7-4-5-7/h7-8H,2-6H2. The van der Waals surface area contributed by atoms with Gasteiger partial charge >= 0.3 is 0 Å². The molecule has 1 unspecified atom stereocenters. The van der Waals surface area contributed by atoms with Gasteiger partial charge in [-0.1, -0.05) is 0 Å². The zero-order valence-corrected chi connectivity index (χ0v) is 5.60. The Morgan fingerprint density at radius 3 is 2.78 bits per heavy atom. The summed E-state index contributed by atoms with van der Waals surface area (Å²) >= 11 is 0. The van der Waals surface area contributed by atoms with Gasteiger partial charge in [0.2, 0.25) is 0 Å². The van der Waals surface area contributed by atoms with Crippen LogP contribution in [0.15, 0.2) is 0 Å². The normalized spacial score (nSPS) is 36.7. The number of rotatable bonds is 1. The first-order valence-corrected chi connectivity index (χ1v) is 3.79. The Morgan fingerprint density at radius 1 is 1.33 bits per heavy atom. The summed E-state index contributed by atoms with van der Waals surface area (Å²) in [6, 6.07) is 0. The molecule has 9 heavy (non-hydrogen) atoms. The smallest absolute Gasteiger partial charge is 0.0609 e. The molecule has 1 aliphatic heterocycles. The summed E-state index contributed by atoms with van der Waals surface area (Å²) in [7, 11) is 0. The van der Waals surface area contributed by atoms with E-state index in [2.05, 4.69) is 6.42 Å². The van der Waals surface area contributed by atoms with Crippen LogP contribution in [0.25, 0.3) is 0 Å². The van der Waals surface area contributed by atoms with Crippen molar-refractivity contribution < 1.29 is 4.74 Å². The molecule has 0 aromatic rings. The van der Waals surface area contributed by atoms with Gasteiger partial charge in [-0.25, -0.2) is 0 Å². The molecule has 0 spiro atoms. The molecule has 0 N–H and O–H groups in total. The zero-order valence-electron chi connectivity index (χ0n) is 5.60. The van der Waals surface area contributed by atoms with Crippen LogP contribution in [0.3, 0.4) is 0 Å². The first-order chi connectivity index (χ1) is 4.47. The van der Waals surface area contributed by atoms with E-state index in [1.807, 2.05) is 0 Å². The maximum absolute atomic E-state index is 5.54. The summed E-state index contributed by atoms with van der Waals surface area (Å²) in [6.07, 6.45) is 8.81. The minimum atomic E-state index is 0.554. The molecule has 0 aromatic carbocycles. The molecule has 1 saturated carbocycles. The number of hydrogen-bond donors (Lipinski definition) is 0. The second-order valence-electron chi connectivity index (χ2n) is 2.95. The van der Waals surface area contributed by atoms with E-state index in [0.29, 0.717) is 6.10 Å². The average Bonchev–Trinajstić information content (AvgIpc) is 2.71. The van der Waals surface area contributed by atoms with Crippen LogP contribution in [0.2, 0.25) is 0 Å². The fourth-order valence-corrected chi connectivity index (χ4v) is 1.36. The van der Waals surface area contributed by atoms with Crippen molar-refractivity contribution in [1.82, 2.24) is 0 Å². The summed E-state index contributed by atoms with van der Waals surface area (Å²) in [5.41, 5.74) is 0. The van der Waals surface area contributed by atoms with Crippen LogP contribution >= 0.6 is 0 Å². The van der Waals surface area contributed by atoms with E-state index in [-0.39, 0.29) is 0 Å². The van der Waals surface area contributed by atoms with Crippen LogP contribution in [-0.4, -0.2) is 12.7 Å². The van der Waals surface area contributed by atoms with Crippen LogP contribution in [0, 0.1) is 12.3 Å². The van der Waals surface area contributed by atoms with Gasteiger partial charge in [-0.3, -0.25) is 0 Å². The van der Waals surface area contributed by atoms with Gasteiger partial charge in [-0.05, 0) is 38.0 Å². The van der Waals surface area contributed by atoms with Crippen LogP contribution in [-0.2, 0) is 4.74 Å². The second-order valence-corrected chi connectivity index (χ2v) is 2.95. The van der Waals surface area contributed by atoms with E-state index in [1.54, 1.807) is 0 Å². The quantitative estimate of drug-likeness (QED) is 0.516. The molecule has 1 atom stereocenters. The van der Waals surface area contributed by atoms with E-state index in [0.717, 1.165) is 25.4 Å². The molecule has 1 heterocycles. The third-order valence-corrected chi connectivity index (χ3v) is 2.10. The van der Waals surface area contributed by atoms with Crippen LogP contribution in [0.5, 0.6) is 0 Å². The topological polar surface area (TPSA) is 9.23 Å². The van der Waals surface area contributed by atoms with E-state index < -0.39 is 0 Å². The van der Waals surface area contributed by atoms with Crippen molar-refractivity contribution in [3.63, 3.8) is 0 Å². The molecule has 2 rings (SSSR count). The van der Waals surface area contributed by atoms with Crippen molar-refractivity contribution in [3.05, 3.63) is 6.42 Å². The van der Waals surface area contributed by atoms with Gasteiger partial charge in [0.15, 0.2) is 0 Å². The predicted octanol–water partition coefficient (Wildman–Crippen LogP) is 1.66. The zero-order chi connectivity index (χ0) is 6.10. The number of ether oxygens (including phenoxy) is 1. The Balaban J connectivity index is 1.80. The van der Waals surface area contributed by atoms with Crippen molar-refractivity contribution in [2.45, 2.75) is 31.8 Å². The third-order valence-electron chi connectivity index (χ3n) is 2.10. The SMILES string of the molecule is [C]1CCOC(C2CC2)C1. The molecule has 1 heteroatoms. The molecule has 1 saturated heterocycles. The summed E-state index contributed by atoms with van der Waals surface area (Å²) in [5, 5.41) is 0. The highest BCUT2D eigenvalue weighted by molar-refractivity contribution is 4.88. The van der Waals surface area contributed by atoms with Gasteiger partial charge in [0.05, 0.1) is 6.10 Å².